The molecule has 1 saturated heterocycles. The van der Waals surface area contributed by atoms with E-state index in [2.05, 4.69) is 6.92 Å². The molecule has 1 unspecified atom stereocenters. The van der Waals surface area contributed by atoms with Gasteiger partial charge >= 0.3 is 0 Å². The first kappa shape index (κ1) is 16.3. The summed E-state index contributed by atoms with van der Waals surface area (Å²) in [7, 11) is -3.41. The SMILES string of the molecule is CCOc1cc(C)c(S(=O)(=O)N2CCCC2CC)cc1C. The summed E-state index contributed by atoms with van der Waals surface area (Å²) in [5.74, 6) is 0.766. The molecule has 0 N–H and O–H groups in total. The molecule has 0 saturated carbocycles. The maximum Gasteiger partial charge on any atom is 0.243 e. The van der Waals surface area contributed by atoms with Crippen LogP contribution >= 0.6 is 0 Å². The van der Waals surface area contributed by atoms with Crippen LogP contribution in [0.25, 0.3) is 0 Å². The van der Waals surface area contributed by atoms with Crippen molar-refractivity contribution in [2.75, 3.05) is 13.2 Å². The number of nitrogens with zero attached hydrogens (tertiary/aromatic N) is 1. The molecule has 0 spiro atoms. The Labute approximate surface area is 128 Å². The summed E-state index contributed by atoms with van der Waals surface area (Å²) in [6.07, 6.45) is 2.78. The Balaban J connectivity index is 2.43. The zero-order valence-corrected chi connectivity index (χ0v) is 14.2. The van der Waals surface area contributed by atoms with Crippen LogP contribution in [0.1, 0.15) is 44.2 Å². The molecule has 118 valence electrons. The number of hydrogen-bond acceptors (Lipinski definition) is 3. The summed E-state index contributed by atoms with van der Waals surface area (Å²) < 4.78 is 33.1. The summed E-state index contributed by atoms with van der Waals surface area (Å²) in [6.45, 7) is 8.92. The van der Waals surface area contributed by atoms with Crippen molar-refractivity contribution in [3.05, 3.63) is 23.3 Å². The minimum Gasteiger partial charge on any atom is -0.494 e. The topological polar surface area (TPSA) is 46.6 Å². The van der Waals surface area contributed by atoms with E-state index in [1.807, 2.05) is 26.8 Å². The Morgan fingerprint density at radius 2 is 1.95 bits per heavy atom. The molecular formula is C16H25NO3S. The third kappa shape index (κ3) is 3.09. The lowest BCUT2D eigenvalue weighted by atomic mass is 10.1. The van der Waals surface area contributed by atoms with Crippen molar-refractivity contribution in [2.24, 2.45) is 0 Å². The van der Waals surface area contributed by atoms with Crippen LogP contribution in [0.5, 0.6) is 5.75 Å². The monoisotopic (exact) mass is 311 g/mol. The van der Waals surface area contributed by atoms with Crippen LogP contribution in [0.3, 0.4) is 0 Å². The lowest BCUT2D eigenvalue weighted by Gasteiger charge is -2.24. The first-order valence-electron chi connectivity index (χ1n) is 7.67. The highest BCUT2D eigenvalue weighted by molar-refractivity contribution is 7.89. The molecule has 4 nitrogen and oxygen atoms in total. The van der Waals surface area contributed by atoms with Gasteiger partial charge in [0.1, 0.15) is 5.75 Å². The first-order chi connectivity index (χ1) is 9.91. The van der Waals surface area contributed by atoms with Gasteiger partial charge in [-0.15, -0.1) is 0 Å². The third-order valence-corrected chi connectivity index (χ3v) is 6.25. The van der Waals surface area contributed by atoms with Crippen molar-refractivity contribution in [1.82, 2.24) is 4.31 Å². The summed E-state index contributed by atoms with van der Waals surface area (Å²) in [5, 5.41) is 0. The second-order valence-corrected chi connectivity index (χ2v) is 7.50. The Kier molecular flexibility index (Phi) is 4.94. The highest BCUT2D eigenvalue weighted by Gasteiger charge is 2.35. The molecule has 5 heteroatoms. The fourth-order valence-corrected chi connectivity index (χ4v) is 5.07. The van der Waals surface area contributed by atoms with Gasteiger partial charge in [-0.2, -0.15) is 4.31 Å². The number of rotatable bonds is 5. The molecule has 2 rings (SSSR count). The average molecular weight is 311 g/mol. The molecule has 1 aromatic carbocycles. The molecule has 1 heterocycles. The molecular weight excluding hydrogens is 286 g/mol. The molecule has 0 bridgehead atoms. The van der Waals surface area contributed by atoms with Gasteiger partial charge in [-0.25, -0.2) is 8.42 Å². The highest BCUT2D eigenvalue weighted by atomic mass is 32.2. The second kappa shape index (κ2) is 6.36. The summed E-state index contributed by atoms with van der Waals surface area (Å²) in [4.78, 5) is 0.420. The average Bonchev–Trinajstić information content (AvgIpc) is 2.91. The Morgan fingerprint density at radius 3 is 2.57 bits per heavy atom. The van der Waals surface area contributed by atoms with Crippen molar-refractivity contribution in [3.63, 3.8) is 0 Å². The quantitative estimate of drug-likeness (QED) is 0.838. The van der Waals surface area contributed by atoms with Crippen LogP contribution in [0.4, 0.5) is 0 Å². The van der Waals surface area contributed by atoms with Crippen LogP contribution in [0.2, 0.25) is 0 Å². The van der Waals surface area contributed by atoms with Gasteiger partial charge < -0.3 is 4.74 Å². The molecule has 1 atom stereocenters. The predicted molar refractivity (Wildman–Crippen MR) is 84.3 cm³/mol. The lowest BCUT2D eigenvalue weighted by molar-refractivity contribution is 0.337. The molecule has 0 radical (unpaired) electrons. The molecule has 0 aliphatic carbocycles. The van der Waals surface area contributed by atoms with Crippen molar-refractivity contribution in [3.8, 4) is 5.75 Å². The minimum atomic E-state index is -3.41. The van der Waals surface area contributed by atoms with E-state index in [1.165, 1.54) is 0 Å². The molecule has 21 heavy (non-hydrogen) atoms. The summed E-state index contributed by atoms with van der Waals surface area (Å²) >= 11 is 0. The van der Waals surface area contributed by atoms with Gasteiger partial charge in [-0.1, -0.05) is 6.92 Å². The fourth-order valence-electron chi connectivity index (χ4n) is 3.01. The number of aryl methyl sites for hydroxylation is 2. The van der Waals surface area contributed by atoms with Crippen LogP contribution < -0.4 is 4.74 Å². The lowest BCUT2D eigenvalue weighted by Crippen LogP contribution is -2.35. The van der Waals surface area contributed by atoms with Gasteiger partial charge in [0.15, 0.2) is 0 Å². The smallest absolute Gasteiger partial charge is 0.243 e. The Morgan fingerprint density at radius 1 is 1.24 bits per heavy atom. The van der Waals surface area contributed by atoms with Crippen molar-refractivity contribution >= 4 is 10.0 Å². The van der Waals surface area contributed by atoms with E-state index in [0.29, 0.717) is 18.0 Å². The van der Waals surface area contributed by atoms with E-state index in [0.717, 1.165) is 36.1 Å². The van der Waals surface area contributed by atoms with Gasteiger partial charge in [-0.3, -0.25) is 0 Å². The van der Waals surface area contributed by atoms with Gasteiger partial charge in [0.2, 0.25) is 10.0 Å². The van der Waals surface area contributed by atoms with Crippen LogP contribution in [-0.2, 0) is 10.0 Å². The standard InChI is InChI=1S/C16H25NO3S/c1-5-14-8-7-9-17(14)21(18,19)16-11-12(3)15(20-6-2)10-13(16)4/h10-11,14H,5-9H2,1-4H3. The van der Waals surface area contributed by atoms with Gasteiger partial charge in [0.05, 0.1) is 11.5 Å². The van der Waals surface area contributed by atoms with Gasteiger partial charge in [-0.05, 0) is 63.3 Å². The van der Waals surface area contributed by atoms with E-state index in [-0.39, 0.29) is 6.04 Å². The number of sulfonamides is 1. The predicted octanol–water partition coefficient (Wildman–Crippen LogP) is 3.27. The highest BCUT2D eigenvalue weighted by Crippen LogP contribution is 2.32. The Bertz CT molecular complexity index is 610. The molecule has 1 fully saturated rings. The van der Waals surface area contributed by atoms with Crippen molar-refractivity contribution in [2.45, 2.75) is 57.9 Å². The maximum absolute atomic E-state index is 12.9. The van der Waals surface area contributed by atoms with E-state index >= 15 is 0 Å². The van der Waals surface area contributed by atoms with Gasteiger partial charge in [0.25, 0.3) is 0 Å². The molecule has 1 aromatic rings. The molecule has 0 aromatic heterocycles. The zero-order valence-electron chi connectivity index (χ0n) is 13.3. The van der Waals surface area contributed by atoms with Gasteiger partial charge in [0, 0.05) is 12.6 Å². The molecule has 1 aliphatic rings. The van der Waals surface area contributed by atoms with Crippen LogP contribution in [0, 0.1) is 13.8 Å². The first-order valence-corrected chi connectivity index (χ1v) is 9.11. The van der Waals surface area contributed by atoms with Crippen molar-refractivity contribution in [1.29, 1.82) is 0 Å². The number of hydrogen-bond donors (Lipinski definition) is 0. The van der Waals surface area contributed by atoms with E-state index in [9.17, 15) is 8.42 Å². The van der Waals surface area contributed by atoms with E-state index < -0.39 is 10.0 Å². The second-order valence-electron chi connectivity index (χ2n) is 5.64. The largest absolute Gasteiger partial charge is 0.494 e. The Hall–Kier alpha value is -1.07. The zero-order chi connectivity index (χ0) is 15.6. The van der Waals surface area contributed by atoms with E-state index in [4.69, 9.17) is 4.74 Å². The van der Waals surface area contributed by atoms with Crippen LogP contribution in [-0.4, -0.2) is 31.9 Å². The van der Waals surface area contributed by atoms with Crippen molar-refractivity contribution < 1.29 is 13.2 Å². The van der Waals surface area contributed by atoms with Crippen LogP contribution in [0.15, 0.2) is 17.0 Å². The summed E-state index contributed by atoms with van der Waals surface area (Å²) in [6, 6.07) is 3.73. The maximum atomic E-state index is 12.9. The number of ether oxygens (including phenoxy) is 1. The third-order valence-electron chi connectivity index (χ3n) is 4.15. The number of benzene rings is 1. The summed E-state index contributed by atoms with van der Waals surface area (Å²) in [5.41, 5.74) is 1.62. The normalized spacial score (nSPS) is 19.9. The van der Waals surface area contributed by atoms with E-state index in [1.54, 1.807) is 10.4 Å². The minimum absolute atomic E-state index is 0.140. The molecule has 0 amide bonds. The fraction of sp³-hybridized carbons (Fsp3) is 0.625. The molecule has 1 aliphatic heterocycles.